The second-order valence-electron chi connectivity index (χ2n) is 2.57. The molecule has 11 heavy (non-hydrogen) atoms. The molecule has 3 heteroatoms. The molecule has 0 aliphatic carbocycles. The van der Waals surface area contributed by atoms with Crippen molar-refractivity contribution in [2.24, 2.45) is 0 Å². The van der Waals surface area contributed by atoms with E-state index in [-0.39, 0.29) is 0 Å². The van der Waals surface area contributed by atoms with Crippen molar-refractivity contribution < 1.29 is 4.79 Å². The summed E-state index contributed by atoms with van der Waals surface area (Å²) in [5, 5.41) is -0.428. The first-order valence-corrected chi connectivity index (χ1v) is 3.78. The molecule has 0 amide bonds. The van der Waals surface area contributed by atoms with Gasteiger partial charge in [0.15, 0.2) is 0 Å². The lowest BCUT2D eigenvalue weighted by Crippen LogP contribution is -1.99. The van der Waals surface area contributed by atoms with Crippen LogP contribution in [0.25, 0.3) is 0 Å². The topological polar surface area (TPSA) is 20.3 Å². The first-order chi connectivity index (χ1) is 4.91. The lowest BCUT2D eigenvalue weighted by molar-refractivity contribution is -0.108. The number of hydrogen-bond donors (Lipinski definition) is 0. The van der Waals surface area contributed by atoms with E-state index in [0.29, 0.717) is 12.0 Å². The summed E-state index contributed by atoms with van der Waals surface area (Å²) in [5.74, 6) is 0. The summed E-state index contributed by atoms with van der Waals surface area (Å²) in [6, 6.07) is 0. The Morgan fingerprint density at radius 2 is 1.73 bits per heavy atom. The molecule has 0 aliphatic heterocycles. The van der Waals surface area contributed by atoms with Crippen molar-refractivity contribution in [3.05, 3.63) is 12.2 Å². The van der Waals surface area contributed by atoms with Gasteiger partial charge in [0.25, 0.3) is 0 Å². The first-order valence-electron chi connectivity index (χ1n) is 3.40. The van der Waals surface area contributed by atoms with Crippen molar-refractivity contribution >= 4 is 16.8 Å². The fraction of sp³-hybridized carbons (Fsp3) is 0.625. The Balaban J connectivity index is 0. The SMILES string of the molecule is C=C(CC)C(=O)Cl.CN(C)C. The number of halogens is 1. The molecule has 0 bridgehead atoms. The number of hydrogen-bond acceptors (Lipinski definition) is 2. The van der Waals surface area contributed by atoms with E-state index in [0.717, 1.165) is 0 Å². The molecule has 0 fully saturated rings. The second-order valence-corrected chi connectivity index (χ2v) is 2.92. The minimum atomic E-state index is -0.428. The monoisotopic (exact) mass is 177 g/mol. The predicted molar refractivity (Wildman–Crippen MR) is 49.9 cm³/mol. The molecule has 0 aliphatic rings. The van der Waals surface area contributed by atoms with Gasteiger partial charge in [-0.1, -0.05) is 13.5 Å². The average molecular weight is 178 g/mol. The van der Waals surface area contributed by atoms with E-state index in [1.165, 1.54) is 0 Å². The standard InChI is InChI=1S/C5H7ClO.C3H9N/c1-3-4(2)5(6)7;1-4(2)3/h2-3H2,1H3;1-3H3. The molecule has 0 radical (unpaired) electrons. The van der Waals surface area contributed by atoms with Crippen LogP contribution in [0.2, 0.25) is 0 Å². The number of allylic oxidation sites excluding steroid dienone is 1. The maximum absolute atomic E-state index is 10.0. The van der Waals surface area contributed by atoms with Crippen LogP contribution in [0.15, 0.2) is 12.2 Å². The zero-order valence-corrected chi connectivity index (χ0v) is 8.40. The van der Waals surface area contributed by atoms with Gasteiger partial charge in [-0.3, -0.25) is 4.79 Å². The lowest BCUT2D eigenvalue weighted by atomic mass is 10.3. The average Bonchev–Trinajstić information content (AvgIpc) is 1.85. The molecule has 0 rings (SSSR count). The van der Waals surface area contributed by atoms with Crippen LogP contribution in [-0.4, -0.2) is 31.3 Å². The molecule has 66 valence electrons. The summed E-state index contributed by atoms with van der Waals surface area (Å²) >= 11 is 4.99. The van der Waals surface area contributed by atoms with Gasteiger partial charge in [0, 0.05) is 5.57 Å². The minimum absolute atomic E-state index is 0.428. The van der Waals surface area contributed by atoms with Gasteiger partial charge in [-0.25, -0.2) is 0 Å². The van der Waals surface area contributed by atoms with Gasteiger partial charge in [-0.05, 0) is 39.2 Å². The third kappa shape index (κ3) is 17.7. The van der Waals surface area contributed by atoms with Gasteiger partial charge in [0.05, 0.1) is 0 Å². The van der Waals surface area contributed by atoms with Crippen LogP contribution in [0.4, 0.5) is 0 Å². The van der Waals surface area contributed by atoms with Crippen LogP contribution >= 0.6 is 11.6 Å². The maximum atomic E-state index is 10.0. The van der Waals surface area contributed by atoms with Crippen molar-refractivity contribution in [3.8, 4) is 0 Å². The molecule has 0 saturated carbocycles. The van der Waals surface area contributed by atoms with Crippen LogP contribution in [-0.2, 0) is 4.79 Å². The number of carbonyl (C=O) groups excluding carboxylic acids is 1. The van der Waals surface area contributed by atoms with E-state index in [9.17, 15) is 4.79 Å². The molecular weight excluding hydrogens is 162 g/mol. The molecule has 2 nitrogen and oxygen atoms in total. The van der Waals surface area contributed by atoms with Crippen LogP contribution in [0.3, 0.4) is 0 Å². The highest BCUT2D eigenvalue weighted by atomic mass is 35.5. The van der Waals surface area contributed by atoms with Gasteiger partial charge < -0.3 is 4.90 Å². The highest BCUT2D eigenvalue weighted by molar-refractivity contribution is 6.67. The molecule has 0 heterocycles. The molecule has 0 saturated heterocycles. The van der Waals surface area contributed by atoms with Gasteiger partial charge in [-0.15, -0.1) is 0 Å². The zero-order chi connectivity index (χ0) is 9.44. The van der Waals surface area contributed by atoms with Crippen LogP contribution in [0.1, 0.15) is 13.3 Å². The summed E-state index contributed by atoms with van der Waals surface area (Å²) < 4.78 is 0. The van der Waals surface area contributed by atoms with E-state index in [1.807, 2.05) is 33.0 Å². The first kappa shape index (κ1) is 13.3. The molecule has 0 spiro atoms. The minimum Gasteiger partial charge on any atom is -0.312 e. The van der Waals surface area contributed by atoms with Crippen LogP contribution < -0.4 is 0 Å². The Morgan fingerprint density at radius 1 is 1.45 bits per heavy atom. The molecule has 0 N–H and O–H groups in total. The van der Waals surface area contributed by atoms with E-state index >= 15 is 0 Å². The van der Waals surface area contributed by atoms with E-state index < -0.39 is 5.24 Å². The Hall–Kier alpha value is -0.340. The lowest BCUT2D eigenvalue weighted by Gasteiger charge is -1.90. The third-order valence-electron chi connectivity index (χ3n) is 0.705. The van der Waals surface area contributed by atoms with Crippen molar-refractivity contribution in [1.82, 2.24) is 4.90 Å². The van der Waals surface area contributed by atoms with Crippen molar-refractivity contribution in [1.29, 1.82) is 0 Å². The van der Waals surface area contributed by atoms with Gasteiger partial charge in [0.1, 0.15) is 0 Å². The van der Waals surface area contributed by atoms with E-state index in [2.05, 4.69) is 6.58 Å². The van der Waals surface area contributed by atoms with Crippen LogP contribution in [0.5, 0.6) is 0 Å². The van der Waals surface area contributed by atoms with E-state index in [4.69, 9.17) is 11.6 Å². The fourth-order valence-corrected chi connectivity index (χ4v) is 0.273. The smallest absolute Gasteiger partial charge is 0.247 e. The van der Waals surface area contributed by atoms with E-state index in [1.54, 1.807) is 0 Å². The summed E-state index contributed by atoms with van der Waals surface area (Å²) in [6.45, 7) is 5.23. The Kier molecular flexibility index (Phi) is 9.36. The Labute approximate surface area is 73.8 Å². The predicted octanol–water partition coefficient (Wildman–Crippen LogP) is 1.90. The highest BCUT2D eigenvalue weighted by Crippen LogP contribution is 1.99. The molecule has 0 aromatic heterocycles. The Bertz CT molecular complexity index is 129. The molecule has 0 atom stereocenters. The van der Waals surface area contributed by atoms with Crippen molar-refractivity contribution in [2.75, 3.05) is 21.1 Å². The van der Waals surface area contributed by atoms with Gasteiger partial charge in [0.2, 0.25) is 5.24 Å². The Morgan fingerprint density at radius 3 is 1.73 bits per heavy atom. The summed E-state index contributed by atoms with van der Waals surface area (Å²) in [4.78, 5) is 12.0. The molecule has 0 aromatic rings. The summed E-state index contributed by atoms with van der Waals surface area (Å²) in [5.41, 5.74) is 0.474. The van der Waals surface area contributed by atoms with Crippen molar-refractivity contribution in [3.63, 3.8) is 0 Å². The quantitative estimate of drug-likeness (QED) is 0.475. The summed E-state index contributed by atoms with van der Waals surface area (Å²) in [7, 11) is 6.00. The maximum Gasteiger partial charge on any atom is 0.247 e. The molecular formula is C8H16ClNO. The molecule has 0 aromatic carbocycles. The third-order valence-corrected chi connectivity index (χ3v) is 0.972. The highest BCUT2D eigenvalue weighted by Gasteiger charge is 1.95. The summed E-state index contributed by atoms with van der Waals surface area (Å²) in [6.07, 6.45) is 0.641. The number of rotatable bonds is 2. The zero-order valence-electron chi connectivity index (χ0n) is 7.65. The fourth-order valence-electron chi connectivity index (χ4n) is 0.139. The molecule has 0 unspecified atom stereocenters. The largest absolute Gasteiger partial charge is 0.312 e. The second kappa shape index (κ2) is 7.76. The number of carbonyl (C=O) groups is 1. The van der Waals surface area contributed by atoms with Gasteiger partial charge >= 0.3 is 0 Å². The number of nitrogens with zero attached hydrogens (tertiary/aromatic N) is 1. The van der Waals surface area contributed by atoms with Crippen molar-refractivity contribution in [2.45, 2.75) is 13.3 Å². The van der Waals surface area contributed by atoms with Crippen LogP contribution in [0, 0.1) is 0 Å². The normalized spacial score (nSPS) is 8.55. The van der Waals surface area contributed by atoms with Gasteiger partial charge in [-0.2, -0.15) is 0 Å².